The Hall–Kier alpha value is -2.19. The van der Waals surface area contributed by atoms with Crippen LogP contribution in [0.25, 0.3) is 0 Å². The molecule has 0 fully saturated rings. The predicted molar refractivity (Wildman–Crippen MR) is 74.9 cm³/mol. The van der Waals surface area contributed by atoms with Gasteiger partial charge in [-0.2, -0.15) is 0 Å². The number of ether oxygens (including phenoxy) is 3. The minimum absolute atomic E-state index is 0.0948. The molecule has 0 aliphatic heterocycles. The topological polar surface area (TPSA) is 90.8 Å². The molecule has 0 radical (unpaired) electrons. The largest absolute Gasteiger partial charge is 0.493 e. The number of methoxy groups -OCH3 is 1. The Morgan fingerprint density at radius 3 is 2.81 bits per heavy atom. The predicted octanol–water partition coefficient (Wildman–Crippen LogP) is 2.01. The molecule has 0 unspecified atom stereocenters. The van der Waals surface area contributed by atoms with E-state index in [1.54, 1.807) is 25.1 Å². The van der Waals surface area contributed by atoms with E-state index >= 15 is 0 Å². The molecule has 0 saturated carbocycles. The average molecular weight is 310 g/mol. The Bertz CT molecular complexity index is 629. The van der Waals surface area contributed by atoms with Gasteiger partial charge in [0.1, 0.15) is 0 Å². The summed E-state index contributed by atoms with van der Waals surface area (Å²) in [5, 5.41) is 16.9. The van der Waals surface area contributed by atoms with Crippen LogP contribution in [0.5, 0.6) is 16.7 Å². The van der Waals surface area contributed by atoms with Gasteiger partial charge in [-0.15, -0.1) is 5.10 Å². The molecule has 0 atom stereocenters. The summed E-state index contributed by atoms with van der Waals surface area (Å²) in [6, 6.07) is 5.00. The Morgan fingerprint density at radius 2 is 2.14 bits per heavy atom. The Kier molecular flexibility index (Phi) is 5.07. The van der Waals surface area contributed by atoms with Crippen LogP contribution in [0.15, 0.2) is 18.2 Å². The molecule has 112 valence electrons. The highest BCUT2D eigenvalue weighted by Gasteiger charge is 2.16. The van der Waals surface area contributed by atoms with Gasteiger partial charge in [-0.3, -0.25) is 0 Å². The van der Waals surface area contributed by atoms with Crippen LogP contribution in [0.4, 0.5) is 0 Å². The van der Waals surface area contributed by atoms with Crippen LogP contribution >= 0.6 is 11.3 Å². The lowest BCUT2D eigenvalue weighted by Gasteiger charge is -2.08. The molecule has 0 spiro atoms. The molecular formula is C13H14N2O5S. The van der Waals surface area contributed by atoms with Gasteiger partial charge >= 0.3 is 5.97 Å². The van der Waals surface area contributed by atoms with Crippen LogP contribution in [-0.2, 0) is 11.3 Å². The van der Waals surface area contributed by atoms with Crippen molar-refractivity contribution in [1.29, 1.82) is 0 Å². The number of aliphatic hydroxyl groups excluding tert-OH is 1. The maximum atomic E-state index is 11.5. The Balaban J connectivity index is 2.16. The van der Waals surface area contributed by atoms with E-state index in [2.05, 4.69) is 10.2 Å². The highest BCUT2D eigenvalue weighted by molar-refractivity contribution is 7.14. The van der Waals surface area contributed by atoms with E-state index in [-0.39, 0.29) is 23.4 Å². The summed E-state index contributed by atoms with van der Waals surface area (Å²) < 4.78 is 15.5. The van der Waals surface area contributed by atoms with Crippen molar-refractivity contribution in [2.24, 2.45) is 0 Å². The van der Waals surface area contributed by atoms with E-state index < -0.39 is 5.97 Å². The third kappa shape index (κ3) is 3.67. The molecule has 1 heterocycles. The lowest BCUT2D eigenvalue weighted by molar-refractivity contribution is 0.0525. The first-order chi connectivity index (χ1) is 10.2. The fraction of sp³-hybridized carbons (Fsp3) is 0.308. The van der Waals surface area contributed by atoms with Crippen molar-refractivity contribution in [1.82, 2.24) is 10.2 Å². The van der Waals surface area contributed by atoms with Gasteiger partial charge < -0.3 is 19.3 Å². The molecule has 21 heavy (non-hydrogen) atoms. The van der Waals surface area contributed by atoms with Gasteiger partial charge in [0.2, 0.25) is 5.01 Å². The summed E-state index contributed by atoms with van der Waals surface area (Å²) in [6.45, 7) is 1.89. The number of carbonyl (C=O) groups excluding carboxylic acids is 1. The van der Waals surface area contributed by atoms with E-state index in [1.807, 2.05) is 0 Å². The second-order valence-corrected chi connectivity index (χ2v) is 4.78. The second kappa shape index (κ2) is 7.00. The minimum atomic E-state index is -0.535. The molecule has 0 bridgehead atoms. The zero-order chi connectivity index (χ0) is 15.2. The molecule has 8 heteroatoms. The molecular weight excluding hydrogens is 296 g/mol. The fourth-order valence-corrected chi connectivity index (χ4v) is 2.12. The third-order valence-corrected chi connectivity index (χ3v) is 3.25. The molecule has 7 nitrogen and oxygen atoms in total. The van der Waals surface area contributed by atoms with Gasteiger partial charge in [-0.1, -0.05) is 11.2 Å². The lowest BCUT2D eigenvalue weighted by atomic mass is 10.2. The number of aliphatic hydroxyl groups is 1. The van der Waals surface area contributed by atoms with E-state index in [9.17, 15) is 4.79 Å². The van der Waals surface area contributed by atoms with Crippen LogP contribution < -0.4 is 9.47 Å². The van der Waals surface area contributed by atoms with Crippen LogP contribution in [0.3, 0.4) is 0 Å². The number of rotatable bonds is 6. The Labute approximate surface area is 125 Å². The number of esters is 1. The van der Waals surface area contributed by atoms with Crippen LogP contribution in [0.1, 0.15) is 22.3 Å². The number of hydrogen-bond acceptors (Lipinski definition) is 8. The highest BCUT2D eigenvalue weighted by Crippen LogP contribution is 2.33. The molecule has 2 rings (SSSR count). The summed E-state index contributed by atoms with van der Waals surface area (Å²) in [4.78, 5) is 11.5. The zero-order valence-electron chi connectivity index (χ0n) is 11.5. The molecule has 1 aromatic carbocycles. The first-order valence-electron chi connectivity index (χ1n) is 6.14. The van der Waals surface area contributed by atoms with Crippen LogP contribution in [0, 0.1) is 0 Å². The number of benzene rings is 1. The maximum absolute atomic E-state index is 11.5. The zero-order valence-corrected chi connectivity index (χ0v) is 12.3. The monoisotopic (exact) mass is 310 g/mol. The number of hydrogen-bond donors (Lipinski definition) is 1. The maximum Gasteiger partial charge on any atom is 0.369 e. The summed E-state index contributed by atoms with van der Waals surface area (Å²) in [6.07, 6.45) is 0. The minimum Gasteiger partial charge on any atom is -0.493 e. The molecule has 0 aliphatic rings. The normalized spacial score (nSPS) is 10.2. The van der Waals surface area contributed by atoms with Crippen molar-refractivity contribution >= 4 is 17.3 Å². The molecule has 0 aliphatic carbocycles. The first kappa shape index (κ1) is 15.2. The second-order valence-electron chi connectivity index (χ2n) is 3.84. The van der Waals surface area contributed by atoms with E-state index in [1.165, 1.54) is 7.11 Å². The summed E-state index contributed by atoms with van der Waals surface area (Å²) in [5.41, 5.74) is 0.698. The average Bonchev–Trinajstić information content (AvgIpc) is 2.96. The highest BCUT2D eigenvalue weighted by atomic mass is 32.1. The lowest BCUT2D eigenvalue weighted by Crippen LogP contribution is -2.03. The van der Waals surface area contributed by atoms with Crippen molar-refractivity contribution in [3.63, 3.8) is 0 Å². The summed E-state index contributed by atoms with van der Waals surface area (Å²) in [5.74, 6) is 0.336. The van der Waals surface area contributed by atoms with Gasteiger partial charge in [-0.25, -0.2) is 4.79 Å². The molecule has 1 N–H and O–H groups in total. The SMILES string of the molecule is CCOC(=O)c1nnc(Oc2ccc(CO)cc2OC)s1. The molecule has 0 amide bonds. The van der Waals surface area contributed by atoms with Gasteiger partial charge in [-0.05, 0) is 36.0 Å². The van der Waals surface area contributed by atoms with Crippen molar-refractivity contribution in [2.75, 3.05) is 13.7 Å². The molecule has 2 aromatic rings. The number of carbonyl (C=O) groups is 1. The van der Waals surface area contributed by atoms with E-state index in [4.69, 9.17) is 19.3 Å². The Morgan fingerprint density at radius 1 is 1.33 bits per heavy atom. The molecule has 1 aromatic heterocycles. The van der Waals surface area contributed by atoms with Gasteiger partial charge in [0.25, 0.3) is 5.19 Å². The van der Waals surface area contributed by atoms with E-state index in [0.29, 0.717) is 17.1 Å². The number of nitrogens with zero attached hydrogens (tertiary/aromatic N) is 2. The van der Waals surface area contributed by atoms with Crippen molar-refractivity contribution in [3.8, 4) is 16.7 Å². The summed E-state index contributed by atoms with van der Waals surface area (Å²) in [7, 11) is 1.49. The quantitative estimate of drug-likeness (QED) is 0.816. The number of aromatic nitrogens is 2. The summed E-state index contributed by atoms with van der Waals surface area (Å²) >= 11 is 0.981. The first-order valence-corrected chi connectivity index (χ1v) is 6.95. The van der Waals surface area contributed by atoms with Gasteiger partial charge in [0.15, 0.2) is 11.5 Å². The standard InChI is InChI=1S/C13H14N2O5S/c1-3-19-12(17)11-14-15-13(21-11)20-9-5-4-8(7-16)6-10(9)18-2/h4-6,16H,3,7H2,1-2H3. The van der Waals surface area contributed by atoms with E-state index in [0.717, 1.165) is 11.3 Å². The van der Waals surface area contributed by atoms with Crippen LogP contribution in [0.2, 0.25) is 0 Å². The fourth-order valence-electron chi connectivity index (χ4n) is 1.52. The third-order valence-electron chi connectivity index (χ3n) is 2.46. The van der Waals surface area contributed by atoms with Gasteiger partial charge in [0.05, 0.1) is 20.3 Å². The van der Waals surface area contributed by atoms with Crippen molar-refractivity contribution in [2.45, 2.75) is 13.5 Å². The smallest absolute Gasteiger partial charge is 0.369 e. The van der Waals surface area contributed by atoms with Crippen molar-refractivity contribution in [3.05, 3.63) is 28.8 Å². The molecule has 0 saturated heterocycles. The van der Waals surface area contributed by atoms with Crippen molar-refractivity contribution < 1.29 is 24.1 Å². The van der Waals surface area contributed by atoms with Crippen LogP contribution in [-0.4, -0.2) is 35.0 Å². The van der Waals surface area contributed by atoms with Gasteiger partial charge in [0, 0.05) is 0 Å².